The number of carbonyl (C=O) groups excluding carboxylic acids is 2. The number of benzene rings is 2. The number of sulfonamides is 1. The molecule has 0 saturated carbocycles. The van der Waals surface area contributed by atoms with Gasteiger partial charge in [-0.3, -0.25) is 20.4 Å². The molecule has 1 aliphatic rings. The zero-order valence-corrected chi connectivity index (χ0v) is 15.4. The number of carbonyl (C=O) groups is 2. The third-order valence-electron chi connectivity index (χ3n) is 4.21. The SMILES string of the molecule is O=C(NNC(=O)c1cccc(S(=O)(=O)N2CCCC2)c1)c1cc(F)cc(F)c1. The van der Waals surface area contributed by atoms with Gasteiger partial charge in [-0.25, -0.2) is 17.2 Å². The highest BCUT2D eigenvalue weighted by atomic mass is 32.2. The molecule has 2 aromatic carbocycles. The van der Waals surface area contributed by atoms with E-state index in [1.165, 1.54) is 28.6 Å². The van der Waals surface area contributed by atoms with Crippen molar-refractivity contribution in [3.8, 4) is 0 Å². The number of halogens is 2. The lowest BCUT2D eigenvalue weighted by atomic mass is 10.2. The van der Waals surface area contributed by atoms with E-state index in [1.54, 1.807) is 0 Å². The van der Waals surface area contributed by atoms with Gasteiger partial charge >= 0.3 is 0 Å². The third kappa shape index (κ3) is 4.34. The molecule has 0 atom stereocenters. The Hall–Kier alpha value is -2.85. The number of nitrogens with one attached hydrogen (secondary N) is 2. The van der Waals surface area contributed by atoms with E-state index in [1.807, 2.05) is 5.43 Å². The fraction of sp³-hybridized carbons (Fsp3) is 0.222. The Labute approximate surface area is 160 Å². The van der Waals surface area contributed by atoms with Gasteiger partial charge in [0.1, 0.15) is 11.6 Å². The van der Waals surface area contributed by atoms with Gasteiger partial charge in [-0.1, -0.05) is 6.07 Å². The standard InChI is InChI=1S/C18H17F2N3O4S/c19-14-8-13(9-15(20)11-14)18(25)22-21-17(24)12-4-3-5-16(10-12)28(26,27)23-6-1-2-7-23/h3-5,8-11H,1-2,6-7H2,(H,21,24)(H,22,25). The highest BCUT2D eigenvalue weighted by Gasteiger charge is 2.27. The Morgan fingerprint density at radius 1 is 0.857 bits per heavy atom. The second-order valence-corrected chi connectivity index (χ2v) is 8.14. The van der Waals surface area contributed by atoms with Crippen LogP contribution in [0.3, 0.4) is 0 Å². The largest absolute Gasteiger partial charge is 0.269 e. The topological polar surface area (TPSA) is 95.6 Å². The van der Waals surface area contributed by atoms with Crippen LogP contribution in [0.4, 0.5) is 8.78 Å². The summed E-state index contributed by atoms with van der Waals surface area (Å²) in [5.41, 5.74) is 3.81. The predicted molar refractivity (Wildman–Crippen MR) is 95.7 cm³/mol. The second-order valence-electron chi connectivity index (χ2n) is 6.21. The summed E-state index contributed by atoms with van der Waals surface area (Å²) in [6.07, 6.45) is 1.57. The van der Waals surface area contributed by atoms with Crippen molar-refractivity contribution in [3.05, 3.63) is 65.2 Å². The third-order valence-corrected chi connectivity index (χ3v) is 6.11. The van der Waals surface area contributed by atoms with Crippen LogP contribution in [0.2, 0.25) is 0 Å². The first-order valence-corrected chi connectivity index (χ1v) is 9.88. The monoisotopic (exact) mass is 409 g/mol. The molecule has 0 radical (unpaired) electrons. The van der Waals surface area contributed by atoms with Crippen LogP contribution in [0.25, 0.3) is 0 Å². The second kappa shape index (κ2) is 8.03. The van der Waals surface area contributed by atoms with Gasteiger partial charge in [0.05, 0.1) is 4.90 Å². The van der Waals surface area contributed by atoms with Gasteiger partial charge in [0.25, 0.3) is 11.8 Å². The van der Waals surface area contributed by atoms with Gasteiger partial charge in [-0.05, 0) is 43.2 Å². The van der Waals surface area contributed by atoms with Crippen molar-refractivity contribution in [2.24, 2.45) is 0 Å². The zero-order chi connectivity index (χ0) is 20.3. The average molecular weight is 409 g/mol. The van der Waals surface area contributed by atoms with Crippen LogP contribution in [0, 0.1) is 11.6 Å². The number of hydrogen-bond donors (Lipinski definition) is 2. The molecule has 1 heterocycles. The Kier molecular flexibility index (Phi) is 5.71. The lowest BCUT2D eigenvalue weighted by molar-refractivity contribution is 0.0846. The van der Waals surface area contributed by atoms with Crippen molar-refractivity contribution in [2.45, 2.75) is 17.7 Å². The van der Waals surface area contributed by atoms with Crippen molar-refractivity contribution < 1.29 is 26.8 Å². The van der Waals surface area contributed by atoms with E-state index in [0.717, 1.165) is 25.0 Å². The summed E-state index contributed by atoms with van der Waals surface area (Å²) in [5, 5.41) is 0. The zero-order valence-electron chi connectivity index (χ0n) is 14.6. The maximum Gasteiger partial charge on any atom is 0.269 e. The predicted octanol–water partition coefficient (Wildman–Crippen LogP) is 1.82. The normalized spacial score (nSPS) is 14.6. The van der Waals surface area contributed by atoms with E-state index in [9.17, 15) is 26.8 Å². The molecular weight excluding hydrogens is 392 g/mol. The molecule has 1 aliphatic heterocycles. The summed E-state index contributed by atoms with van der Waals surface area (Å²) in [5.74, 6) is -3.57. The molecular formula is C18H17F2N3O4S. The minimum absolute atomic E-state index is 0.00555. The maximum atomic E-state index is 13.2. The maximum absolute atomic E-state index is 13.2. The van der Waals surface area contributed by atoms with E-state index in [4.69, 9.17) is 0 Å². The van der Waals surface area contributed by atoms with Crippen LogP contribution >= 0.6 is 0 Å². The molecule has 2 amide bonds. The summed E-state index contributed by atoms with van der Waals surface area (Å²) >= 11 is 0. The van der Waals surface area contributed by atoms with Crippen molar-refractivity contribution in [2.75, 3.05) is 13.1 Å². The van der Waals surface area contributed by atoms with Crippen molar-refractivity contribution in [1.82, 2.24) is 15.2 Å². The van der Waals surface area contributed by atoms with Crippen LogP contribution in [-0.2, 0) is 10.0 Å². The summed E-state index contributed by atoms with van der Waals surface area (Å²) in [6, 6.07) is 7.63. The van der Waals surface area contributed by atoms with E-state index in [0.29, 0.717) is 19.2 Å². The van der Waals surface area contributed by atoms with Crippen LogP contribution in [0.15, 0.2) is 47.4 Å². The Balaban J connectivity index is 1.70. The first kappa shape index (κ1) is 19.9. The molecule has 1 fully saturated rings. The van der Waals surface area contributed by atoms with Crippen LogP contribution in [0.1, 0.15) is 33.6 Å². The summed E-state index contributed by atoms with van der Waals surface area (Å²) in [7, 11) is -3.70. The fourth-order valence-corrected chi connectivity index (χ4v) is 4.38. The van der Waals surface area contributed by atoms with Crippen molar-refractivity contribution >= 4 is 21.8 Å². The molecule has 0 aromatic heterocycles. The van der Waals surface area contributed by atoms with E-state index >= 15 is 0 Å². The molecule has 0 spiro atoms. The summed E-state index contributed by atoms with van der Waals surface area (Å²) in [6.45, 7) is 0.859. The molecule has 28 heavy (non-hydrogen) atoms. The van der Waals surface area contributed by atoms with E-state index in [2.05, 4.69) is 5.43 Å². The smallest absolute Gasteiger partial charge is 0.267 e. The summed E-state index contributed by atoms with van der Waals surface area (Å²) in [4.78, 5) is 24.1. The van der Waals surface area contributed by atoms with Gasteiger partial charge in [-0.2, -0.15) is 4.31 Å². The van der Waals surface area contributed by atoms with Crippen LogP contribution in [0.5, 0.6) is 0 Å². The van der Waals surface area contributed by atoms with Crippen LogP contribution in [-0.4, -0.2) is 37.6 Å². The van der Waals surface area contributed by atoms with Crippen molar-refractivity contribution in [3.63, 3.8) is 0 Å². The number of nitrogens with zero attached hydrogens (tertiary/aromatic N) is 1. The molecule has 2 N–H and O–H groups in total. The lowest BCUT2D eigenvalue weighted by Gasteiger charge is -2.16. The molecule has 2 aromatic rings. The highest BCUT2D eigenvalue weighted by Crippen LogP contribution is 2.21. The Morgan fingerprint density at radius 2 is 1.43 bits per heavy atom. The number of rotatable bonds is 4. The number of hydrogen-bond acceptors (Lipinski definition) is 4. The summed E-state index contributed by atoms with van der Waals surface area (Å²) < 4.78 is 52.8. The van der Waals surface area contributed by atoms with E-state index in [-0.39, 0.29) is 16.0 Å². The van der Waals surface area contributed by atoms with Gasteiger partial charge in [0.15, 0.2) is 0 Å². The Bertz CT molecular complexity index is 1000. The minimum atomic E-state index is -3.70. The fourth-order valence-electron chi connectivity index (χ4n) is 2.82. The molecule has 7 nitrogen and oxygen atoms in total. The van der Waals surface area contributed by atoms with Crippen molar-refractivity contribution in [1.29, 1.82) is 0 Å². The Morgan fingerprint density at radius 3 is 2.04 bits per heavy atom. The molecule has 3 rings (SSSR count). The van der Waals surface area contributed by atoms with Crippen LogP contribution < -0.4 is 10.9 Å². The minimum Gasteiger partial charge on any atom is -0.267 e. The molecule has 10 heteroatoms. The highest BCUT2D eigenvalue weighted by molar-refractivity contribution is 7.89. The first-order chi connectivity index (χ1) is 13.3. The number of hydrazine groups is 1. The quantitative estimate of drug-likeness (QED) is 0.753. The van der Waals surface area contributed by atoms with E-state index < -0.39 is 33.5 Å². The van der Waals surface area contributed by atoms with Gasteiger partial charge in [-0.15, -0.1) is 0 Å². The molecule has 1 saturated heterocycles. The average Bonchev–Trinajstić information content (AvgIpc) is 3.21. The molecule has 0 bridgehead atoms. The number of amides is 2. The lowest BCUT2D eigenvalue weighted by Crippen LogP contribution is -2.41. The van der Waals surface area contributed by atoms with Gasteiger partial charge in [0, 0.05) is 30.3 Å². The van der Waals surface area contributed by atoms with Gasteiger partial charge < -0.3 is 0 Å². The molecule has 0 aliphatic carbocycles. The molecule has 0 unspecified atom stereocenters. The van der Waals surface area contributed by atoms with Gasteiger partial charge in [0.2, 0.25) is 10.0 Å². The first-order valence-electron chi connectivity index (χ1n) is 8.44. The molecule has 148 valence electrons.